The summed E-state index contributed by atoms with van der Waals surface area (Å²) in [5, 5.41) is 27.0. The third-order valence-corrected chi connectivity index (χ3v) is 3.16. The molecule has 9 nitrogen and oxygen atoms in total. The standard InChI is InChI=1S/C12H11N9/c1-8(12-16-14-10-4-2-3-7-20(10)12)13-9-5-6-11-15-18-19-21(11)17-9/h2-8H,1H3,(H,13,17)/t8-/m0/s1. The normalized spacial score (nSPS) is 12.8. The van der Waals surface area contributed by atoms with Crippen LogP contribution in [0.2, 0.25) is 0 Å². The molecule has 0 fully saturated rings. The number of hydrogen-bond acceptors (Lipinski definition) is 7. The Morgan fingerprint density at radius 2 is 2.00 bits per heavy atom. The van der Waals surface area contributed by atoms with Crippen LogP contribution in [-0.4, -0.2) is 39.9 Å². The molecule has 104 valence electrons. The summed E-state index contributed by atoms with van der Waals surface area (Å²) in [5.41, 5.74) is 1.41. The molecule has 4 heterocycles. The van der Waals surface area contributed by atoms with E-state index < -0.39 is 0 Å². The molecule has 0 saturated carbocycles. The van der Waals surface area contributed by atoms with Crippen LogP contribution >= 0.6 is 0 Å². The number of aromatic nitrogens is 8. The predicted molar refractivity (Wildman–Crippen MR) is 73.6 cm³/mol. The minimum absolute atomic E-state index is 0.0659. The molecule has 0 saturated heterocycles. The molecule has 0 spiro atoms. The molecule has 9 heteroatoms. The zero-order valence-corrected chi connectivity index (χ0v) is 11.1. The highest BCUT2D eigenvalue weighted by Crippen LogP contribution is 2.16. The largest absolute Gasteiger partial charge is 0.359 e. The maximum atomic E-state index is 4.28. The van der Waals surface area contributed by atoms with Crippen LogP contribution in [0.15, 0.2) is 36.5 Å². The summed E-state index contributed by atoms with van der Waals surface area (Å²) in [6.07, 6.45) is 1.93. The van der Waals surface area contributed by atoms with E-state index in [2.05, 4.69) is 36.1 Å². The summed E-state index contributed by atoms with van der Waals surface area (Å²) in [4.78, 5) is 0. The van der Waals surface area contributed by atoms with E-state index in [1.165, 1.54) is 4.63 Å². The molecule has 21 heavy (non-hydrogen) atoms. The fraction of sp³-hybridized carbons (Fsp3) is 0.167. The molecule has 0 aliphatic rings. The number of tetrazole rings is 1. The minimum atomic E-state index is -0.0659. The molecular weight excluding hydrogens is 270 g/mol. The van der Waals surface area contributed by atoms with Crippen LogP contribution in [0.1, 0.15) is 18.8 Å². The van der Waals surface area contributed by atoms with Crippen molar-refractivity contribution in [3.8, 4) is 0 Å². The monoisotopic (exact) mass is 281 g/mol. The van der Waals surface area contributed by atoms with Gasteiger partial charge in [0.1, 0.15) is 5.82 Å². The molecular formula is C12H11N9. The van der Waals surface area contributed by atoms with Gasteiger partial charge in [-0.25, -0.2) is 0 Å². The van der Waals surface area contributed by atoms with Crippen molar-refractivity contribution in [1.82, 2.24) is 39.9 Å². The number of fused-ring (bicyclic) bond motifs is 2. The Labute approximate surface area is 118 Å². The lowest BCUT2D eigenvalue weighted by molar-refractivity contribution is 0.717. The van der Waals surface area contributed by atoms with Crippen molar-refractivity contribution in [3.63, 3.8) is 0 Å². The predicted octanol–water partition coefficient (Wildman–Crippen LogP) is 0.735. The average Bonchev–Trinajstić information content (AvgIpc) is 3.13. The van der Waals surface area contributed by atoms with E-state index in [1.807, 2.05) is 41.8 Å². The summed E-state index contributed by atoms with van der Waals surface area (Å²) in [6, 6.07) is 9.34. The zero-order valence-electron chi connectivity index (χ0n) is 11.1. The fourth-order valence-corrected chi connectivity index (χ4v) is 2.17. The molecule has 1 atom stereocenters. The number of pyridine rings is 1. The number of hydrogen-bond donors (Lipinski definition) is 1. The first-order valence-corrected chi connectivity index (χ1v) is 6.43. The summed E-state index contributed by atoms with van der Waals surface area (Å²) in [7, 11) is 0. The summed E-state index contributed by atoms with van der Waals surface area (Å²) in [6.45, 7) is 1.99. The van der Waals surface area contributed by atoms with Gasteiger partial charge in [-0.3, -0.25) is 4.40 Å². The van der Waals surface area contributed by atoms with Crippen LogP contribution in [0.4, 0.5) is 5.82 Å². The van der Waals surface area contributed by atoms with Gasteiger partial charge in [0, 0.05) is 6.20 Å². The highest BCUT2D eigenvalue weighted by atomic mass is 15.6. The van der Waals surface area contributed by atoms with E-state index in [-0.39, 0.29) is 6.04 Å². The molecule has 4 aromatic heterocycles. The van der Waals surface area contributed by atoms with Crippen molar-refractivity contribution in [1.29, 1.82) is 0 Å². The zero-order chi connectivity index (χ0) is 14.2. The van der Waals surface area contributed by atoms with E-state index in [0.29, 0.717) is 11.5 Å². The van der Waals surface area contributed by atoms with Gasteiger partial charge in [0.25, 0.3) is 0 Å². The first-order chi connectivity index (χ1) is 10.3. The van der Waals surface area contributed by atoms with Gasteiger partial charge >= 0.3 is 0 Å². The van der Waals surface area contributed by atoms with Gasteiger partial charge < -0.3 is 5.32 Å². The van der Waals surface area contributed by atoms with Crippen LogP contribution in [-0.2, 0) is 0 Å². The second-order valence-electron chi connectivity index (χ2n) is 4.60. The minimum Gasteiger partial charge on any atom is -0.359 e. The summed E-state index contributed by atoms with van der Waals surface area (Å²) >= 11 is 0. The van der Waals surface area contributed by atoms with Gasteiger partial charge in [-0.1, -0.05) is 6.07 Å². The number of nitrogens with zero attached hydrogens (tertiary/aromatic N) is 8. The Balaban J connectivity index is 1.66. The van der Waals surface area contributed by atoms with Crippen LogP contribution < -0.4 is 5.32 Å². The second-order valence-corrected chi connectivity index (χ2v) is 4.60. The topological polar surface area (TPSA) is 98.2 Å². The van der Waals surface area contributed by atoms with Gasteiger partial charge in [-0.05, 0) is 41.6 Å². The maximum absolute atomic E-state index is 4.28. The van der Waals surface area contributed by atoms with E-state index in [9.17, 15) is 0 Å². The molecule has 0 aliphatic heterocycles. The Bertz CT molecular complexity index is 909. The SMILES string of the molecule is C[C@H](Nc1ccc2nnnn2n1)c1nnc2ccccn12. The molecule has 0 bridgehead atoms. The van der Waals surface area contributed by atoms with Crippen LogP contribution in [0.25, 0.3) is 11.3 Å². The smallest absolute Gasteiger partial charge is 0.200 e. The first-order valence-electron chi connectivity index (χ1n) is 6.43. The Morgan fingerprint density at radius 1 is 1.05 bits per heavy atom. The Morgan fingerprint density at radius 3 is 2.95 bits per heavy atom. The lowest BCUT2D eigenvalue weighted by atomic mass is 10.3. The number of rotatable bonds is 3. The Hall–Kier alpha value is -3.10. The van der Waals surface area contributed by atoms with Crippen LogP contribution in [0.3, 0.4) is 0 Å². The molecule has 4 aromatic rings. The van der Waals surface area contributed by atoms with Gasteiger partial charge in [-0.15, -0.1) is 25.0 Å². The third kappa shape index (κ3) is 1.95. The van der Waals surface area contributed by atoms with Crippen molar-refractivity contribution in [2.75, 3.05) is 5.32 Å². The van der Waals surface area contributed by atoms with Crippen molar-refractivity contribution in [3.05, 3.63) is 42.4 Å². The molecule has 4 rings (SSSR count). The Kier molecular flexibility index (Phi) is 2.49. The maximum Gasteiger partial charge on any atom is 0.200 e. The molecule has 1 N–H and O–H groups in total. The number of nitrogens with one attached hydrogen (secondary N) is 1. The second kappa shape index (κ2) is 4.47. The summed E-state index contributed by atoms with van der Waals surface area (Å²) < 4.78 is 3.31. The molecule has 0 radical (unpaired) electrons. The van der Waals surface area contributed by atoms with Crippen LogP contribution in [0.5, 0.6) is 0 Å². The van der Waals surface area contributed by atoms with Crippen LogP contribution in [0, 0.1) is 0 Å². The third-order valence-electron chi connectivity index (χ3n) is 3.16. The first kappa shape index (κ1) is 11.7. The van der Waals surface area contributed by atoms with E-state index in [1.54, 1.807) is 6.07 Å². The van der Waals surface area contributed by atoms with Gasteiger partial charge in [0.05, 0.1) is 6.04 Å². The van der Waals surface area contributed by atoms with Crippen molar-refractivity contribution >= 4 is 17.1 Å². The van der Waals surface area contributed by atoms with Gasteiger partial charge in [0.2, 0.25) is 0 Å². The highest BCUT2D eigenvalue weighted by Gasteiger charge is 2.14. The highest BCUT2D eigenvalue weighted by molar-refractivity contribution is 5.44. The quantitative estimate of drug-likeness (QED) is 0.591. The lowest BCUT2D eigenvalue weighted by Crippen LogP contribution is -2.12. The number of anilines is 1. The molecule has 0 unspecified atom stereocenters. The lowest BCUT2D eigenvalue weighted by Gasteiger charge is -2.12. The van der Waals surface area contributed by atoms with Gasteiger partial charge in [-0.2, -0.15) is 0 Å². The summed E-state index contributed by atoms with van der Waals surface area (Å²) in [5.74, 6) is 1.47. The van der Waals surface area contributed by atoms with E-state index >= 15 is 0 Å². The van der Waals surface area contributed by atoms with Crippen molar-refractivity contribution in [2.24, 2.45) is 0 Å². The average molecular weight is 281 g/mol. The molecule has 0 aromatic carbocycles. The van der Waals surface area contributed by atoms with E-state index in [0.717, 1.165) is 11.5 Å². The fourth-order valence-electron chi connectivity index (χ4n) is 2.17. The molecule has 0 aliphatic carbocycles. The van der Waals surface area contributed by atoms with Gasteiger partial charge in [0.15, 0.2) is 17.1 Å². The van der Waals surface area contributed by atoms with Crippen molar-refractivity contribution in [2.45, 2.75) is 13.0 Å². The van der Waals surface area contributed by atoms with Crippen molar-refractivity contribution < 1.29 is 0 Å². The van der Waals surface area contributed by atoms with E-state index in [4.69, 9.17) is 0 Å². The molecule has 0 amide bonds.